The molecule has 3 rings (SSSR count). The predicted octanol–water partition coefficient (Wildman–Crippen LogP) is 5.29. The fourth-order valence-electron chi connectivity index (χ4n) is 2.39. The van der Waals surface area contributed by atoms with Crippen LogP contribution in [0, 0.1) is 6.92 Å². The van der Waals surface area contributed by atoms with Crippen LogP contribution in [-0.4, -0.2) is 0 Å². The molecular formula is C17H15Cl2NO. The summed E-state index contributed by atoms with van der Waals surface area (Å²) in [7, 11) is 0. The first-order valence-corrected chi connectivity index (χ1v) is 7.48. The zero-order chi connectivity index (χ0) is 15.0. The fourth-order valence-corrected chi connectivity index (χ4v) is 2.88. The third-order valence-electron chi connectivity index (χ3n) is 3.51. The lowest BCUT2D eigenvalue weighted by molar-refractivity contribution is 0.494. The molecule has 108 valence electrons. The van der Waals surface area contributed by atoms with Crippen molar-refractivity contribution >= 4 is 34.2 Å². The van der Waals surface area contributed by atoms with E-state index in [4.69, 9.17) is 33.4 Å². The number of benzene rings is 2. The third kappa shape index (κ3) is 3.08. The van der Waals surface area contributed by atoms with Crippen LogP contribution in [0.1, 0.15) is 22.9 Å². The molecule has 0 bridgehead atoms. The highest BCUT2D eigenvalue weighted by atomic mass is 35.5. The molecule has 0 fully saturated rings. The summed E-state index contributed by atoms with van der Waals surface area (Å²) in [5.41, 5.74) is 9.27. The fraction of sp³-hybridized carbons (Fsp3) is 0.176. The topological polar surface area (TPSA) is 39.2 Å². The predicted molar refractivity (Wildman–Crippen MR) is 88.0 cm³/mol. The lowest BCUT2D eigenvalue weighted by Crippen LogP contribution is -2.12. The number of hydrogen-bond donors (Lipinski definition) is 1. The number of aryl methyl sites for hydroxylation is 1. The van der Waals surface area contributed by atoms with Gasteiger partial charge in [-0.15, -0.1) is 0 Å². The van der Waals surface area contributed by atoms with E-state index in [9.17, 15) is 0 Å². The van der Waals surface area contributed by atoms with Crippen LogP contribution in [0.2, 0.25) is 10.0 Å². The molecule has 0 saturated heterocycles. The quantitative estimate of drug-likeness (QED) is 0.712. The van der Waals surface area contributed by atoms with E-state index >= 15 is 0 Å². The average molecular weight is 320 g/mol. The van der Waals surface area contributed by atoms with Crippen molar-refractivity contribution in [2.24, 2.45) is 5.73 Å². The second-order valence-electron chi connectivity index (χ2n) is 5.24. The molecule has 0 radical (unpaired) electrons. The molecule has 0 aliphatic carbocycles. The molecule has 0 amide bonds. The van der Waals surface area contributed by atoms with E-state index in [1.165, 1.54) is 5.56 Å². The lowest BCUT2D eigenvalue weighted by atomic mass is 10.0. The normalized spacial score (nSPS) is 12.8. The molecule has 4 heteroatoms. The minimum Gasteiger partial charge on any atom is -0.459 e. The number of hydrogen-bond acceptors (Lipinski definition) is 2. The van der Waals surface area contributed by atoms with Gasteiger partial charge in [0.2, 0.25) is 0 Å². The Morgan fingerprint density at radius 3 is 2.67 bits per heavy atom. The summed E-state index contributed by atoms with van der Waals surface area (Å²) in [6, 6.07) is 13.3. The van der Waals surface area contributed by atoms with Crippen LogP contribution < -0.4 is 5.73 Å². The first kappa shape index (κ1) is 14.5. The van der Waals surface area contributed by atoms with E-state index in [0.717, 1.165) is 22.3 Å². The Morgan fingerprint density at radius 2 is 1.90 bits per heavy atom. The first-order valence-electron chi connectivity index (χ1n) is 6.72. The van der Waals surface area contributed by atoms with Crippen molar-refractivity contribution in [3.8, 4) is 0 Å². The van der Waals surface area contributed by atoms with Gasteiger partial charge in [0.05, 0.1) is 6.04 Å². The van der Waals surface area contributed by atoms with Crippen molar-refractivity contribution in [2.75, 3.05) is 0 Å². The number of halogens is 2. The minimum atomic E-state index is -0.239. The molecule has 2 nitrogen and oxygen atoms in total. The van der Waals surface area contributed by atoms with E-state index in [2.05, 4.69) is 13.0 Å². The Morgan fingerprint density at radius 1 is 1.10 bits per heavy atom. The molecule has 0 saturated carbocycles. The van der Waals surface area contributed by atoms with Crippen LogP contribution in [0.15, 0.2) is 46.9 Å². The second kappa shape index (κ2) is 5.72. The van der Waals surface area contributed by atoms with Gasteiger partial charge in [0.15, 0.2) is 0 Å². The number of furan rings is 1. The van der Waals surface area contributed by atoms with E-state index in [-0.39, 0.29) is 6.04 Å². The molecule has 0 spiro atoms. The SMILES string of the molecule is Cc1ccc2oc(C(N)Cc3ccc(Cl)cc3Cl)cc2c1. The summed E-state index contributed by atoms with van der Waals surface area (Å²) in [4.78, 5) is 0. The highest BCUT2D eigenvalue weighted by Crippen LogP contribution is 2.28. The third-order valence-corrected chi connectivity index (χ3v) is 4.10. The Hall–Kier alpha value is -1.48. The van der Waals surface area contributed by atoms with Crippen molar-refractivity contribution in [1.82, 2.24) is 0 Å². The Labute approximate surface area is 133 Å². The zero-order valence-electron chi connectivity index (χ0n) is 11.6. The number of fused-ring (bicyclic) bond motifs is 1. The van der Waals surface area contributed by atoms with Crippen molar-refractivity contribution in [1.29, 1.82) is 0 Å². The monoisotopic (exact) mass is 319 g/mol. The molecule has 1 aromatic heterocycles. The molecule has 2 aromatic carbocycles. The van der Waals surface area contributed by atoms with E-state index in [0.29, 0.717) is 16.5 Å². The van der Waals surface area contributed by atoms with Gasteiger partial charge in [0.1, 0.15) is 11.3 Å². The summed E-state index contributed by atoms with van der Waals surface area (Å²) in [5, 5.41) is 2.32. The average Bonchev–Trinajstić information content (AvgIpc) is 2.85. The molecule has 3 aromatic rings. The summed E-state index contributed by atoms with van der Waals surface area (Å²) in [6.07, 6.45) is 0.606. The maximum atomic E-state index is 6.25. The van der Waals surface area contributed by atoms with Crippen molar-refractivity contribution in [3.05, 3.63) is 69.4 Å². The van der Waals surface area contributed by atoms with Gasteiger partial charge in [0, 0.05) is 15.4 Å². The molecule has 0 aliphatic heterocycles. The molecule has 0 aliphatic rings. The van der Waals surface area contributed by atoms with Gasteiger partial charge in [-0.05, 0) is 49.2 Å². The lowest BCUT2D eigenvalue weighted by Gasteiger charge is -2.10. The van der Waals surface area contributed by atoms with Gasteiger partial charge in [-0.1, -0.05) is 40.9 Å². The Bertz CT molecular complexity index is 795. The van der Waals surface area contributed by atoms with Crippen molar-refractivity contribution < 1.29 is 4.42 Å². The van der Waals surface area contributed by atoms with Crippen LogP contribution in [0.5, 0.6) is 0 Å². The van der Waals surface area contributed by atoms with E-state index in [1.54, 1.807) is 6.07 Å². The summed E-state index contributed by atoms with van der Waals surface area (Å²) >= 11 is 12.1. The Kier molecular flexibility index (Phi) is 3.94. The molecule has 21 heavy (non-hydrogen) atoms. The maximum absolute atomic E-state index is 6.25. The molecule has 1 unspecified atom stereocenters. The largest absolute Gasteiger partial charge is 0.459 e. The zero-order valence-corrected chi connectivity index (χ0v) is 13.1. The molecular weight excluding hydrogens is 305 g/mol. The van der Waals surface area contributed by atoms with Crippen LogP contribution in [-0.2, 0) is 6.42 Å². The van der Waals surface area contributed by atoms with Crippen LogP contribution in [0.25, 0.3) is 11.0 Å². The number of rotatable bonds is 3. The van der Waals surface area contributed by atoms with Crippen LogP contribution in [0.3, 0.4) is 0 Å². The summed E-state index contributed by atoms with van der Waals surface area (Å²) in [5.74, 6) is 0.765. The second-order valence-corrected chi connectivity index (χ2v) is 6.08. The molecule has 1 atom stereocenters. The summed E-state index contributed by atoms with van der Waals surface area (Å²) < 4.78 is 5.83. The van der Waals surface area contributed by atoms with E-state index in [1.807, 2.05) is 30.3 Å². The van der Waals surface area contributed by atoms with Gasteiger partial charge in [-0.25, -0.2) is 0 Å². The van der Waals surface area contributed by atoms with Crippen molar-refractivity contribution in [2.45, 2.75) is 19.4 Å². The highest BCUT2D eigenvalue weighted by Gasteiger charge is 2.14. The Balaban J connectivity index is 1.87. The van der Waals surface area contributed by atoms with Gasteiger partial charge in [-0.2, -0.15) is 0 Å². The van der Waals surface area contributed by atoms with Crippen LogP contribution in [0.4, 0.5) is 0 Å². The first-order chi connectivity index (χ1) is 10.0. The van der Waals surface area contributed by atoms with Gasteiger partial charge >= 0.3 is 0 Å². The molecule has 2 N–H and O–H groups in total. The standard InChI is InChI=1S/C17H15Cl2NO/c1-10-2-5-16-12(6-10)8-17(21-16)15(20)7-11-3-4-13(18)9-14(11)19/h2-6,8-9,15H,7,20H2,1H3. The van der Waals surface area contributed by atoms with Crippen LogP contribution >= 0.6 is 23.2 Å². The maximum Gasteiger partial charge on any atom is 0.134 e. The van der Waals surface area contributed by atoms with Gasteiger partial charge in [0.25, 0.3) is 0 Å². The van der Waals surface area contributed by atoms with E-state index < -0.39 is 0 Å². The highest BCUT2D eigenvalue weighted by molar-refractivity contribution is 6.35. The minimum absolute atomic E-state index is 0.239. The molecule has 1 heterocycles. The number of nitrogens with two attached hydrogens (primary N) is 1. The van der Waals surface area contributed by atoms with Gasteiger partial charge < -0.3 is 10.2 Å². The van der Waals surface area contributed by atoms with Gasteiger partial charge in [-0.3, -0.25) is 0 Å². The smallest absolute Gasteiger partial charge is 0.134 e. The summed E-state index contributed by atoms with van der Waals surface area (Å²) in [6.45, 7) is 2.06. The van der Waals surface area contributed by atoms with Crippen molar-refractivity contribution in [3.63, 3.8) is 0 Å².